The van der Waals surface area contributed by atoms with Gasteiger partial charge in [0.2, 0.25) is 0 Å². The number of phenols is 2. The van der Waals surface area contributed by atoms with E-state index in [1.165, 1.54) is 12.1 Å². The molecular weight excluding hydrogens is 350 g/mol. The summed E-state index contributed by atoms with van der Waals surface area (Å²) in [4.78, 5) is 0.599. The van der Waals surface area contributed by atoms with Crippen LogP contribution in [0.25, 0.3) is 0 Å². The molecule has 0 heterocycles. The Kier molecular flexibility index (Phi) is 4.64. The minimum Gasteiger partial charge on any atom is -0.505 e. The maximum absolute atomic E-state index is 9.90. The predicted molar refractivity (Wildman–Crippen MR) is 80.4 cm³/mol. The lowest BCUT2D eigenvalue weighted by Crippen LogP contribution is -1.82. The van der Waals surface area contributed by atoms with E-state index in [1.807, 2.05) is 0 Å². The number of phenolic OH excluding ortho intramolecular Hbond substituents is 2. The molecule has 0 atom stereocenters. The maximum Gasteiger partial charge on any atom is 0.149 e. The topological polar surface area (TPSA) is 40.5 Å². The zero-order valence-corrected chi connectivity index (χ0v) is 13.0. The lowest BCUT2D eigenvalue weighted by molar-refractivity contribution is 0.460. The van der Waals surface area contributed by atoms with Crippen LogP contribution >= 0.6 is 58.2 Å². The van der Waals surface area contributed by atoms with Crippen LogP contribution in [-0.4, -0.2) is 10.2 Å². The fraction of sp³-hybridized carbons (Fsp3) is 0. The Balaban J connectivity index is 2.54. The highest BCUT2D eigenvalue weighted by atomic mass is 35.5. The first-order valence-corrected chi connectivity index (χ1v) is 7.26. The molecular formula is C12H6Cl4O2S. The maximum atomic E-state index is 9.90. The van der Waals surface area contributed by atoms with Gasteiger partial charge >= 0.3 is 0 Å². The van der Waals surface area contributed by atoms with Gasteiger partial charge in [-0.3, -0.25) is 0 Å². The van der Waals surface area contributed by atoms with Crippen LogP contribution in [0.5, 0.6) is 11.5 Å². The molecule has 2 aromatic rings. The molecule has 0 aliphatic carbocycles. The number of aromatic hydroxyl groups is 2. The molecule has 0 aliphatic rings. The Morgan fingerprint density at radius 1 is 0.632 bits per heavy atom. The molecule has 2 aromatic carbocycles. The van der Waals surface area contributed by atoms with Gasteiger partial charge in [-0.25, -0.2) is 0 Å². The Hall–Kier alpha value is -0.450. The number of rotatable bonds is 2. The van der Waals surface area contributed by atoms with Crippen molar-refractivity contribution in [3.63, 3.8) is 0 Å². The van der Waals surface area contributed by atoms with Crippen molar-refractivity contribution in [3.8, 4) is 11.5 Å². The van der Waals surface area contributed by atoms with Crippen LogP contribution < -0.4 is 0 Å². The molecule has 0 spiro atoms. The molecule has 19 heavy (non-hydrogen) atoms. The fourth-order valence-electron chi connectivity index (χ4n) is 1.34. The largest absolute Gasteiger partial charge is 0.505 e. The molecule has 0 aromatic heterocycles. The molecule has 2 N–H and O–H groups in total. The van der Waals surface area contributed by atoms with Crippen molar-refractivity contribution >= 4 is 58.2 Å². The molecule has 0 aliphatic heterocycles. The molecule has 2 nitrogen and oxygen atoms in total. The Labute approximate surface area is 133 Å². The molecule has 0 radical (unpaired) electrons. The van der Waals surface area contributed by atoms with Gasteiger partial charge in [-0.2, -0.15) is 0 Å². The van der Waals surface area contributed by atoms with Crippen LogP contribution in [0, 0.1) is 0 Å². The number of benzene rings is 2. The molecule has 100 valence electrons. The summed E-state index contributed by atoms with van der Waals surface area (Å²) in [7, 11) is 0. The van der Waals surface area contributed by atoms with Crippen molar-refractivity contribution in [1.82, 2.24) is 0 Å². The smallest absolute Gasteiger partial charge is 0.149 e. The molecule has 0 fully saturated rings. The third-order valence-electron chi connectivity index (χ3n) is 2.27. The normalized spacial score (nSPS) is 10.7. The molecule has 0 saturated heterocycles. The fourth-order valence-corrected chi connectivity index (χ4v) is 3.25. The SMILES string of the molecule is Oc1c(Cl)ccc(Cl)c1Sc1c(Cl)ccc(Cl)c1O. The van der Waals surface area contributed by atoms with Crippen molar-refractivity contribution in [1.29, 1.82) is 0 Å². The highest BCUT2D eigenvalue weighted by Gasteiger charge is 2.17. The van der Waals surface area contributed by atoms with Crippen molar-refractivity contribution in [3.05, 3.63) is 44.4 Å². The first-order valence-electron chi connectivity index (χ1n) is 4.93. The van der Waals surface area contributed by atoms with Gasteiger partial charge < -0.3 is 10.2 Å². The summed E-state index contributed by atoms with van der Waals surface area (Å²) in [6.45, 7) is 0. The van der Waals surface area contributed by atoms with Gasteiger partial charge in [0.15, 0.2) is 0 Å². The van der Waals surface area contributed by atoms with E-state index < -0.39 is 0 Å². The second-order valence-electron chi connectivity index (χ2n) is 3.52. The molecule has 7 heteroatoms. The Morgan fingerprint density at radius 2 is 0.947 bits per heavy atom. The number of halogens is 4. The highest BCUT2D eigenvalue weighted by Crippen LogP contribution is 2.49. The van der Waals surface area contributed by atoms with Crippen molar-refractivity contribution in [2.24, 2.45) is 0 Å². The van der Waals surface area contributed by atoms with E-state index in [-0.39, 0.29) is 21.5 Å². The summed E-state index contributed by atoms with van der Waals surface area (Å²) in [6, 6.07) is 6.04. The monoisotopic (exact) mass is 354 g/mol. The minimum atomic E-state index is -0.172. The second kappa shape index (κ2) is 5.90. The summed E-state index contributed by atoms with van der Waals surface area (Å²) in [5.74, 6) is -0.343. The van der Waals surface area contributed by atoms with Crippen LogP contribution in [0.2, 0.25) is 20.1 Å². The van der Waals surface area contributed by atoms with Crippen LogP contribution in [-0.2, 0) is 0 Å². The van der Waals surface area contributed by atoms with Crippen LogP contribution in [0.4, 0.5) is 0 Å². The first kappa shape index (κ1) is 14.9. The molecule has 0 bridgehead atoms. The zero-order chi connectivity index (χ0) is 14.2. The summed E-state index contributed by atoms with van der Waals surface area (Å²) < 4.78 is 0. The van der Waals surface area contributed by atoms with E-state index in [1.54, 1.807) is 12.1 Å². The lowest BCUT2D eigenvalue weighted by atomic mass is 10.3. The average molecular weight is 356 g/mol. The average Bonchev–Trinajstić information content (AvgIpc) is 2.38. The van der Waals surface area contributed by atoms with E-state index in [0.717, 1.165) is 11.8 Å². The van der Waals surface area contributed by atoms with E-state index in [0.29, 0.717) is 19.8 Å². The van der Waals surface area contributed by atoms with Gasteiger partial charge in [0.05, 0.1) is 29.9 Å². The summed E-state index contributed by atoms with van der Waals surface area (Å²) in [5, 5.41) is 20.7. The molecule has 0 unspecified atom stereocenters. The van der Waals surface area contributed by atoms with Gasteiger partial charge in [0.1, 0.15) is 11.5 Å². The summed E-state index contributed by atoms with van der Waals surface area (Å²) in [5.41, 5.74) is 0. The summed E-state index contributed by atoms with van der Waals surface area (Å²) >= 11 is 24.6. The van der Waals surface area contributed by atoms with Gasteiger partial charge in [-0.05, 0) is 24.3 Å². The van der Waals surface area contributed by atoms with E-state index in [4.69, 9.17) is 46.4 Å². The summed E-state index contributed by atoms with van der Waals surface area (Å²) in [6.07, 6.45) is 0. The quantitative estimate of drug-likeness (QED) is 0.708. The van der Waals surface area contributed by atoms with Crippen LogP contribution in [0.3, 0.4) is 0 Å². The molecule has 0 saturated carbocycles. The molecule has 0 amide bonds. The minimum absolute atomic E-state index is 0.157. The van der Waals surface area contributed by atoms with Crippen LogP contribution in [0.1, 0.15) is 0 Å². The third-order valence-corrected chi connectivity index (χ3v) is 4.97. The van der Waals surface area contributed by atoms with E-state index >= 15 is 0 Å². The third kappa shape index (κ3) is 3.01. The van der Waals surface area contributed by atoms with E-state index in [9.17, 15) is 10.2 Å². The number of hydrogen-bond donors (Lipinski definition) is 2. The highest BCUT2D eigenvalue weighted by molar-refractivity contribution is 7.99. The first-order chi connectivity index (χ1) is 8.91. The van der Waals surface area contributed by atoms with Gasteiger partial charge in [0.25, 0.3) is 0 Å². The van der Waals surface area contributed by atoms with Crippen LogP contribution in [0.15, 0.2) is 34.1 Å². The standard InChI is InChI=1S/C12H6Cl4O2S/c13-5-1-3-7(15)11(9(5)17)19-12-8(16)4-2-6(14)10(12)18/h1-4,17-18H. The second-order valence-corrected chi connectivity index (χ2v) is 6.17. The Bertz CT molecular complexity index is 591. The zero-order valence-electron chi connectivity index (χ0n) is 9.12. The van der Waals surface area contributed by atoms with Gasteiger partial charge in [-0.15, -0.1) is 0 Å². The van der Waals surface area contributed by atoms with Crippen molar-refractivity contribution in [2.75, 3.05) is 0 Å². The molecule has 2 rings (SSSR count). The predicted octanol–water partition coefficient (Wildman–Crippen LogP) is 5.86. The van der Waals surface area contributed by atoms with Gasteiger partial charge in [0, 0.05) is 0 Å². The lowest BCUT2D eigenvalue weighted by Gasteiger charge is -2.11. The van der Waals surface area contributed by atoms with E-state index in [2.05, 4.69) is 0 Å². The van der Waals surface area contributed by atoms with Crippen molar-refractivity contribution in [2.45, 2.75) is 9.79 Å². The Morgan fingerprint density at radius 3 is 1.32 bits per heavy atom. The van der Waals surface area contributed by atoms with Crippen molar-refractivity contribution < 1.29 is 10.2 Å². The van der Waals surface area contributed by atoms with Gasteiger partial charge in [-0.1, -0.05) is 58.2 Å². The number of hydrogen-bond acceptors (Lipinski definition) is 3.